The van der Waals surface area contributed by atoms with E-state index < -0.39 is 17.8 Å². The summed E-state index contributed by atoms with van der Waals surface area (Å²) in [5, 5.41) is 0. The van der Waals surface area contributed by atoms with E-state index in [0.29, 0.717) is 6.61 Å². The Morgan fingerprint density at radius 3 is 2.81 bits per heavy atom. The lowest BCUT2D eigenvalue weighted by Gasteiger charge is -2.33. The Bertz CT molecular complexity index is 537. The number of carbonyl (C=O) groups excluding carboxylic acids is 1. The van der Waals surface area contributed by atoms with Crippen LogP contribution in [0.5, 0.6) is 0 Å². The van der Waals surface area contributed by atoms with Crippen LogP contribution in [0.1, 0.15) is 38.0 Å². The minimum Gasteiger partial charge on any atom is -0.468 e. The van der Waals surface area contributed by atoms with Gasteiger partial charge >= 0.3 is 5.97 Å². The predicted molar refractivity (Wildman–Crippen MR) is 79.5 cm³/mol. The molecule has 3 atom stereocenters. The van der Waals surface area contributed by atoms with Crippen molar-refractivity contribution in [2.24, 2.45) is 5.41 Å². The Labute approximate surface area is 125 Å². The molecule has 0 amide bonds. The van der Waals surface area contributed by atoms with Crippen LogP contribution in [0.3, 0.4) is 0 Å². The maximum absolute atomic E-state index is 12.4. The predicted octanol–water partition coefficient (Wildman–Crippen LogP) is 3.38. The van der Waals surface area contributed by atoms with E-state index in [4.69, 9.17) is 14.2 Å². The molecular weight excluding hydrogens is 268 g/mol. The van der Waals surface area contributed by atoms with Crippen LogP contribution in [0, 0.1) is 5.41 Å². The third kappa shape index (κ3) is 3.01. The van der Waals surface area contributed by atoms with Gasteiger partial charge in [0, 0.05) is 0 Å². The van der Waals surface area contributed by atoms with Gasteiger partial charge in [0.05, 0.1) is 13.7 Å². The molecule has 1 aliphatic rings. The fraction of sp³-hybridized carbons (Fsp3) is 0.471. The van der Waals surface area contributed by atoms with Gasteiger partial charge in [-0.25, -0.2) is 0 Å². The lowest BCUT2D eigenvalue weighted by atomic mass is 9.79. The summed E-state index contributed by atoms with van der Waals surface area (Å²) < 4.78 is 16.7. The van der Waals surface area contributed by atoms with E-state index in [2.05, 4.69) is 0 Å². The molecule has 4 nitrogen and oxygen atoms in total. The van der Waals surface area contributed by atoms with Crippen LogP contribution in [0.15, 0.2) is 36.4 Å². The fourth-order valence-electron chi connectivity index (χ4n) is 2.73. The first kappa shape index (κ1) is 15.7. The van der Waals surface area contributed by atoms with Crippen molar-refractivity contribution in [2.75, 3.05) is 7.11 Å². The summed E-state index contributed by atoms with van der Waals surface area (Å²) in [6.45, 7) is 6.02. The van der Waals surface area contributed by atoms with Crippen LogP contribution >= 0.6 is 0 Å². The SMILES string of the molecule is C/C=C/[C@@](C)(C(=O)OC)[C@H]1O[C@@H](C)OCc2ccccc21. The van der Waals surface area contributed by atoms with Gasteiger partial charge in [0.25, 0.3) is 0 Å². The first-order chi connectivity index (χ1) is 10.0. The molecule has 4 heteroatoms. The molecule has 0 spiro atoms. The summed E-state index contributed by atoms with van der Waals surface area (Å²) in [5.74, 6) is -0.325. The first-order valence-electron chi connectivity index (χ1n) is 7.10. The van der Waals surface area contributed by atoms with Gasteiger partial charge in [0.1, 0.15) is 11.5 Å². The van der Waals surface area contributed by atoms with Crippen LogP contribution in [-0.2, 0) is 25.6 Å². The zero-order chi connectivity index (χ0) is 15.5. The second-order valence-corrected chi connectivity index (χ2v) is 5.37. The lowest BCUT2D eigenvalue weighted by molar-refractivity contribution is -0.191. The van der Waals surface area contributed by atoms with Gasteiger partial charge in [-0.15, -0.1) is 0 Å². The molecule has 1 aromatic rings. The number of allylic oxidation sites excluding steroid dienone is 1. The smallest absolute Gasteiger partial charge is 0.318 e. The Hall–Kier alpha value is -1.65. The number of methoxy groups -OCH3 is 1. The average molecular weight is 290 g/mol. The lowest BCUT2D eigenvalue weighted by Crippen LogP contribution is -2.36. The Balaban J connectivity index is 2.54. The molecule has 0 N–H and O–H groups in total. The number of hydrogen-bond donors (Lipinski definition) is 0. The summed E-state index contributed by atoms with van der Waals surface area (Å²) in [6.07, 6.45) is 2.84. The second-order valence-electron chi connectivity index (χ2n) is 5.37. The fourth-order valence-corrected chi connectivity index (χ4v) is 2.73. The van der Waals surface area contributed by atoms with Crippen molar-refractivity contribution in [1.29, 1.82) is 0 Å². The van der Waals surface area contributed by atoms with Crippen molar-refractivity contribution in [3.63, 3.8) is 0 Å². The van der Waals surface area contributed by atoms with Crippen LogP contribution in [0.4, 0.5) is 0 Å². The quantitative estimate of drug-likeness (QED) is 0.632. The maximum atomic E-state index is 12.4. The molecule has 0 fully saturated rings. The van der Waals surface area contributed by atoms with E-state index >= 15 is 0 Å². The summed E-state index contributed by atoms with van der Waals surface area (Å²) in [7, 11) is 1.40. The highest BCUT2D eigenvalue weighted by Crippen LogP contribution is 2.43. The maximum Gasteiger partial charge on any atom is 0.318 e. The van der Waals surface area contributed by atoms with E-state index in [9.17, 15) is 4.79 Å². The van der Waals surface area contributed by atoms with E-state index in [1.807, 2.05) is 57.2 Å². The van der Waals surface area contributed by atoms with Crippen molar-refractivity contribution in [3.8, 4) is 0 Å². The molecule has 0 aromatic heterocycles. The second kappa shape index (κ2) is 6.41. The highest BCUT2D eigenvalue weighted by Gasteiger charge is 2.44. The molecule has 2 rings (SSSR count). The standard InChI is InChI=1S/C17H22O4/c1-5-10-17(3,16(18)19-4)15-14-9-7-6-8-13(14)11-20-12(2)21-15/h5-10,12,15H,11H2,1-4H3/b10-5+/t12-,15-,17+/m0/s1. The summed E-state index contributed by atoms with van der Waals surface area (Å²) >= 11 is 0. The van der Waals surface area contributed by atoms with Gasteiger partial charge in [-0.3, -0.25) is 4.79 Å². The summed E-state index contributed by atoms with van der Waals surface area (Å²) in [4.78, 5) is 12.4. The molecule has 0 saturated heterocycles. The molecule has 0 aliphatic carbocycles. The molecule has 21 heavy (non-hydrogen) atoms. The van der Waals surface area contributed by atoms with Gasteiger partial charge in [-0.05, 0) is 31.9 Å². The Morgan fingerprint density at radius 1 is 1.43 bits per heavy atom. The number of benzene rings is 1. The molecule has 114 valence electrons. The van der Waals surface area contributed by atoms with E-state index in [-0.39, 0.29) is 5.97 Å². The number of rotatable bonds is 3. The number of hydrogen-bond acceptors (Lipinski definition) is 4. The van der Waals surface area contributed by atoms with E-state index in [1.165, 1.54) is 7.11 Å². The summed E-state index contributed by atoms with van der Waals surface area (Å²) in [5.41, 5.74) is 1.10. The molecule has 0 bridgehead atoms. The first-order valence-corrected chi connectivity index (χ1v) is 7.10. The van der Waals surface area contributed by atoms with Crippen LogP contribution in [0.25, 0.3) is 0 Å². The molecule has 1 heterocycles. The number of fused-ring (bicyclic) bond motifs is 1. The monoisotopic (exact) mass is 290 g/mol. The van der Waals surface area contributed by atoms with E-state index in [0.717, 1.165) is 11.1 Å². The molecular formula is C17H22O4. The largest absolute Gasteiger partial charge is 0.468 e. The van der Waals surface area contributed by atoms with Crippen LogP contribution in [-0.4, -0.2) is 19.4 Å². The number of ether oxygens (including phenoxy) is 3. The van der Waals surface area contributed by atoms with Crippen LogP contribution < -0.4 is 0 Å². The topological polar surface area (TPSA) is 44.8 Å². The highest BCUT2D eigenvalue weighted by atomic mass is 16.7. The van der Waals surface area contributed by atoms with Crippen molar-refractivity contribution >= 4 is 5.97 Å². The van der Waals surface area contributed by atoms with Gasteiger partial charge in [0.15, 0.2) is 6.29 Å². The minimum atomic E-state index is -0.901. The third-order valence-electron chi connectivity index (χ3n) is 3.82. The molecule has 0 radical (unpaired) electrons. The molecule has 0 saturated carbocycles. The van der Waals surface area contributed by atoms with Gasteiger partial charge in [-0.2, -0.15) is 0 Å². The van der Waals surface area contributed by atoms with Crippen LogP contribution in [0.2, 0.25) is 0 Å². The Kier molecular flexibility index (Phi) is 4.80. The van der Waals surface area contributed by atoms with Gasteiger partial charge in [0.2, 0.25) is 0 Å². The average Bonchev–Trinajstić information content (AvgIpc) is 2.66. The zero-order valence-corrected chi connectivity index (χ0v) is 13.0. The van der Waals surface area contributed by atoms with Crippen molar-refractivity contribution in [1.82, 2.24) is 0 Å². The third-order valence-corrected chi connectivity index (χ3v) is 3.82. The van der Waals surface area contributed by atoms with E-state index in [1.54, 1.807) is 0 Å². The van der Waals surface area contributed by atoms with Gasteiger partial charge in [-0.1, -0.05) is 36.4 Å². The number of carbonyl (C=O) groups is 1. The molecule has 1 aliphatic heterocycles. The van der Waals surface area contributed by atoms with Crippen molar-refractivity contribution in [3.05, 3.63) is 47.5 Å². The summed E-state index contributed by atoms with van der Waals surface area (Å²) in [6, 6.07) is 7.88. The molecule has 1 aromatic carbocycles. The minimum absolute atomic E-state index is 0.325. The Morgan fingerprint density at radius 2 is 2.14 bits per heavy atom. The zero-order valence-electron chi connectivity index (χ0n) is 13.0. The molecule has 0 unspecified atom stereocenters. The van der Waals surface area contributed by atoms with Crippen molar-refractivity contribution in [2.45, 2.75) is 39.8 Å². The highest BCUT2D eigenvalue weighted by molar-refractivity contribution is 5.79. The van der Waals surface area contributed by atoms with Crippen molar-refractivity contribution < 1.29 is 19.0 Å². The number of esters is 1. The normalized spacial score (nSPS) is 25.0. The van der Waals surface area contributed by atoms with Gasteiger partial charge < -0.3 is 14.2 Å².